The molecule has 0 saturated heterocycles. The van der Waals surface area contributed by atoms with Crippen LogP contribution in [0.15, 0.2) is 48.7 Å². The van der Waals surface area contributed by atoms with Crippen LogP contribution in [0.5, 0.6) is 0 Å². The summed E-state index contributed by atoms with van der Waals surface area (Å²) in [4.78, 5) is 12.6. The van der Waals surface area contributed by atoms with Crippen LogP contribution >= 0.6 is 11.6 Å². The zero-order valence-corrected chi connectivity index (χ0v) is 16.9. The number of benzene rings is 2. The number of amides is 1. The minimum absolute atomic E-state index is 0.0383. The van der Waals surface area contributed by atoms with Gasteiger partial charge in [-0.25, -0.2) is 4.39 Å². The number of hydrogen-bond donors (Lipinski definition) is 1. The average molecular weight is 412 g/mol. The lowest BCUT2D eigenvalue weighted by molar-refractivity contribution is 0.0927. The van der Waals surface area contributed by atoms with Crippen LogP contribution < -0.4 is 5.32 Å². The molecule has 6 heteroatoms. The SMILES string of the molecule is CCC(NC(=O)c1ccc(Cl)cc1)[C@H]1[C@@H]2C[C@@H](n3ncc4c(F)cccc43)C[C@@H]21. The highest BCUT2D eigenvalue weighted by Crippen LogP contribution is 2.62. The Labute approximate surface area is 174 Å². The van der Waals surface area contributed by atoms with E-state index in [4.69, 9.17) is 11.6 Å². The van der Waals surface area contributed by atoms with Crippen molar-refractivity contribution < 1.29 is 9.18 Å². The Hall–Kier alpha value is -2.40. The number of fused-ring (bicyclic) bond motifs is 2. The number of hydrogen-bond acceptors (Lipinski definition) is 2. The van der Waals surface area contributed by atoms with Gasteiger partial charge in [-0.3, -0.25) is 9.48 Å². The van der Waals surface area contributed by atoms with Gasteiger partial charge < -0.3 is 5.32 Å². The summed E-state index contributed by atoms with van der Waals surface area (Å²) in [5.41, 5.74) is 1.51. The van der Waals surface area contributed by atoms with Crippen LogP contribution in [0.2, 0.25) is 5.02 Å². The Morgan fingerprint density at radius 3 is 2.66 bits per heavy atom. The molecular weight excluding hydrogens is 389 g/mol. The number of aromatic nitrogens is 2. The van der Waals surface area contributed by atoms with Crippen LogP contribution in [0.3, 0.4) is 0 Å². The monoisotopic (exact) mass is 411 g/mol. The van der Waals surface area contributed by atoms with Gasteiger partial charge in [-0.05, 0) is 73.4 Å². The van der Waals surface area contributed by atoms with Crippen LogP contribution in [0.1, 0.15) is 42.6 Å². The normalized spacial score (nSPS) is 26.3. The molecule has 2 saturated carbocycles. The fourth-order valence-corrected chi connectivity index (χ4v) is 5.44. The predicted molar refractivity (Wildman–Crippen MR) is 111 cm³/mol. The minimum atomic E-state index is -0.217. The molecule has 0 radical (unpaired) electrons. The van der Waals surface area contributed by atoms with Gasteiger partial charge in [0.15, 0.2) is 0 Å². The molecule has 5 rings (SSSR count). The van der Waals surface area contributed by atoms with Gasteiger partial charge in [0.2, 0.25) is 0 Å². The molecule has 1 aromatic heterocycles. The number of carbonyl (C=O) groups excluding carboxylic acids is 1. The molecule has 5 atom stereocenters. The summed E-state index contributed by atoms with van der Waals surface area (Å²) in [7, 11) is 0. The lowest BCUT2D eigenvalue weighted by atomic mass is 9.99. The second kappa shape index (κ2) is 7.13. The fraction of sp³-hybridized carbons (Fsp3) is 0.391. The van der Waals surface area contributed by atoms with Gasteiger partial charge in [0.25, 0.3) is 5.91 Å². The van der Waals surface area contributed by atoms with Crippen molar-refractivity contribution in [1.82, 2.24) is 15.1 Å². The Morgan fingerprint density at radius 1 is 1.24 bits per heavy atom. The number of nitrogens with one attached hydrogen (secondary N) is 1. The van der Waals surface area contributed by atoms with Crippen molar-refractivity contribution in [2.24, 2.45) is 17.8 Å². The third-order valence-corrected chi connectivity index (χ3v) is 7.00. The lowest BCUT2D eigenvalue weighted by Crippen LogP contribution is -2.37. The predicted octanol–water partition coefficient (Wildman–Crippen LogP) is 5.23. The van der Waals surface area contributed by atoms with Crippen LogP contribution in [0, 0.1) is 23.6 Å². The summed E-state index contributed by atoms with van der Waals surface area (Å²) in [6.45, 7) is 2.13. The maximum atomic E-state index is 14.0. The first kappa shape index (κ1) is 18.6. The molecule has 0 aliphatic heterocycles. The lowest BCUT2D eigenvalue weighted by Gasteiger charge is -2.22. The third-order valence-electron chi connectivity index (χ3n) is 6.75. The highest BCUT2D eigenvalue weighted by atomic mass is 35.5. The zero-order chi connectivity index (χ0) is 20.1. The molecule has 2 aliphatic carbocycles. The van der Waals surface area contributed by atoms with E-state index in [0.717, 1.165) is 24.8 Å². The van der Waals surface area contributed by atoms with Crippen LogP contribution in [-0.2, 0) is 0 Å². The quantitative estimate of drug-likeness (QED) is 0.624. The van der Waals surface area contributed by atoms with Crippen molar-refractivity contribution in [3.8, 4) is 0 Å². The second-order valence-corrected chi connectivity index (χ2v) is 8.72. The van der Waals surface area contributed by atoms with Crippen molar-refractivity contribution in [3.63, 3.8) is 0 Å². The standard InChI is InChI=1S/C23H23ClFN3O/c1-2-20(27-23(29)13-6-8-14(24)9-7-13)22-16-10-15(11-17(16)22)28-21-5-3-4-19(25)18(21)12-26-28/h3-9,12,15-17,20,22H,2,10-11H2,1H3,(H,27,29)/t15-,16-,17+,20?,22+. The summed E-state index contributed by atoms with van der Waals surface area (Å²) in [5.74, 6) is 1.46. The first-order chi connectivity index (χ1) is 14.1. The smallest absolute Gasteiger partial charge is 0.251 e. The molecule has 150 valence electrons. The molecule has 0 bridgehead atoms. The maximum absolute atomic E-state index is 14.0. The summed E-state index contributed by atoms with van der Waals surface area (Å²) in [6.07, 6.45) is 4.62. The molecule has 1 heterocycles. The van der Waals surface area contributed by atoms with Gasteiger partial charge in [0, 0.05) is 16.6 Å². The molecule has 4 nitrogen and oxygen atoms in total. The van der Waals surface area contributed by atoms with Crippen molar-refractivity contribution in [1.29, 1.82) is 0 Å². The molecule has 1 unspecified atom stereocenters. The van der Waals surface area contributed by atoms with E-state index in [0.29, 0.717) is 39.8 Å². The first-order valence-electron chi connectivity index (χ1n) is 10.2. The molecule has 2 fully saturated rings. The summed E-state index contributed by atoms with van der Waals surface area (Å²) in [6, 6.07) is 12.7. The highest BCUT2D eigenvalue weighted by molar-refractivity contribution is 6.30. The van der Waals surface area contributed by atoms with Gasteiger partial charge in [0.05, 0.1) is 23.1 Å². The van der Waals surface area contributed by atoms with E-state index in [1.807, 2.05) is 10.7 Å². The number of nitrogens with zero attached hydrogens (tertiary/aromatic N) is 2. The molecule has 2 aliphatic rings. The molecule has 3 aromatic rings. The number of halogens is 2. The molecule has 0 spiro atoms. The van der Waals surface area contributed by atoms with Crippen LogP contribution in [0.4, 0.5) is 4.39 Å². The van der Waals surface area contributed by atoms with E-state index in [2.05, 4.69) is 17.3 Å². The van der Waals surface area contributed by atoms with E-state index in [1.54, 1.807) is 36.5 Å². The first-order valence-corrected chi connectivity index (χ1v) is 10.6. The van der Waals surface area contributed by atoms with E-state index < -0.39 is 0 Å². The number of carbonyl (C=O) groups is 1. The van der Waals surface area contributed by atoms with Crippen molar-refractivity contribution in [2.75, 3.05) is 0 Å². The molecule has 2 aromatic carbocycles. The minimum Gasteiger partial charge on any atom is -0.349 e. The summed E-state index contributed by atoms with van der Waals surface area (Å²) >= 11 is 5.92. The van der Waals surface area contributed by atoms with E-state index in [1.165, 1.54) is 6.07 Å². The van der Waals surface area contributed by atoms with E-state index in [-0.39, 0.29) is 17.8 Å². The Kier molecular flexibility index (Phi) is 4.58. The average Bonchev–Trinajstić information content (AvgIpc) is 3.08. The van der Waals surface area contributed by atoms with E-state index in [9.17, 15) is 9.18 Å². The van der Waals surface area contributed by atoms with Crippen molar-refractivity contribution >= 4 is 28.4 Å². The Bertz CT molecular complexity index is 1050. The van der Waals surface area contributed by atoms with Crippen molar-refractivity contribution in [2.45, 2.75) is 38.3 Å². The zero-order valence-electron chi connectivity index (χ0n) is 16.2. The summed E-state index contributed by atoms with van der Waals surface area (Å²) in [5, 5.41) is 8.92. The van der Waals surface area contributed by atoms with Gasteiger partial charge in [-0.1, -0.05) is 24.6 Å². The van der Waals surface area contributed by atoms with Crippen molar-refractivity contribution in [3.05, 3.63) is 65.1 Å². The van der Waals surface area contributed by atoms with Gasteiger partial charge in [-0.15, -0.1) is 0 Å². The van der Waals surface area contributed by atoms with Crippen LogP contribution in [0.25, 0.3) is 10.9 Å². The molecule has 29 heavy (non-hydrogen) atoms. The Balaban J connectivity index is 1.25. The fourth-order valence-electron chi connectivity index (χ4n) is 5.31. The van der Waals surface area contributed by atoms with Crippen LogP contribution in [-0.4, -0.2) is 21.7 Å². The maximum Gasteiger partial charge on any atom is 0.251 e. The molecular formula is C23H23ClFN3O. The molecule has 1 amide bonds. The molecule has 1 N–H and O–H groups in total. The topological polar surface area (TPSA) is 46.9 Å². The van der Waals surface area contributed by atoms with Gasteiger partial charge >= 0.3 is 0 Å². The van der Waals surface area contributed by atoms with E-state index >= 15 is 0 Å². The third kappa shape index (κ3) is 3.21. The van der Waals surface area contributed by atoms with Gasteiger partial charge in [-0.2, -0.15) is 5.10 Å². The summed E-state index contributed by atoms with van der Waals surface area (Å²) < 4.78 is 16.0. The second-order valence-electron chi connectivity index (χ2n) is 8.29. The Morgan fingerprint density at radius 2 is 1.97 bits per heavy atom. The van der Waals surface area contributed by atoms with Gasteiger partial charge in [0.1, 0.15) is 5.82 Å². The largest absolute Gasteiger partial charge is 0.349 e. The number of rotatable bonds is 5. The highest BCUT2D eigenvalue weighted by Gasteiger charge is 2.59.